The minimum Gasteiger partial charge on any atom is -0.390 e. The third-order valence-corrected chi connectivity index (χ3v) is 3.44. The van der Waals surface area contributed by atoms with E-state index in [0.29, 0.717) is 5.56 Å². The minimum absolute atomic E-state index is 0.0766. The highest BCUT2D eigenvalue weighted by Gasteiger charge is 2.36. The van der Waals surface area contributed by atoms with Crippen molar-refractivity contribution in [2.75, 3.05) is 6.61 Å². The van der Waals surface area contributed by atoms with E-state index in [1.165, 1.54) is 10.8 Å². The van der Waals surface area contributed by atoms with Gasteiger partial charge in [-0.15, -0.1) is 0 Å². The van der Waals surface area contributed by atoms with Crippen LogP contribution < -0.4 is 11.2 Å². The molecular weight excluding hydrogens is 327 g/mol. The zero-order chi connectivity index (χ0) is 16.8. The van der Waals surface area contributed by atoms with E-state index >= 15 is 0 Å². The Bertz CT molecular complexity index is 656. The number of hydrogen-bond donors (Lipinski definition) is 2. The number of aromatic amines is 1. The quantitative estimate of drug-likeness (QED) is 0.316. The molecule has 0 spiro atoms. The summed E-state index contributed by atoms with van der Waals surface area (Å²) in [4.78, 5) is 30.6. The first kappa shape index (κ1) is 18.0. The molecule has 1 saturated heterocycles. The highest BCUT2D eigenvalue weighted by molar-refractivity contribution is 7.09. The van der Waals surface area contributed by atoms with Gasteiger partial charge >= 0.3 is 5.69 Å². The fraction of sp³-hybridized carbons (Fsp3) is 0.538. The summed E-state index contributed by atoms with van der Waals surface area (Å²) in [6, 6.07) is 0. The van der Waals surface area contributed by atoms with Gasteiger partial charge in [0, 0.05) is 22.1 Å². The number of rotatable bonds is 7. The molecule has 0 amide bonds. The average molecular weight is 346 g/mol. The molecule has 2 heterocycles. The van der Waals surface area contributed by atoms with Crippen molar-refractivity contribution < 1.29 is 24.4 Å². The largest absolute Gasteiger partial charge is 0.390 e. The number of nitrogens with zero attached hydrogens (tertiary/aromatic N) is 1. The molecule has 4 atom stereocenters. The standard InChI is InChI=1S/C13H19N2O7P/c1-2-3-4-8-6-15(13(18)14-12(8)17)11-5-9(16)10(20-11)7-19-21-22-23/h3-4,6,9-11,16H,2,5,7,23H2,1H3,(H,14,17,18)/b4-3+. The van der Waals surface area contributed by atoms with E-state index in [0.717, 1.165) is 6.42 Å². The first-order chi connectivity index (χ1) is 11.1. The number of allylic oxidation sites excluding steroid dienone is 1. The number of aromatic nitrogens is 2. The van der Waals surface area contributed by atoms with Gasteiger partial charge in [-0.25, -0.2) is 9.68 Å². The van der Waals surface area contributed by atoms with Crippen LogP contribution in [0.4, 0.5) is 0 Å². The van der Waals surface area contributed by atoms with Crippen molar-refractivity contribution in [1.29, 1.82) is 0 Å². The van der Waals surface area contributed by atoms with Crippen LogP contribution in [0.15, 0.2) is 21.9 Å². The van der Waals surface area contributed by atoms with Crippen molar-refractivity contribution in [3.8, 4) is 0 Å². The van der Waals surface area contributed by atoms with Crippen LogP contribution in [0.3, 0.4) is 0 Å². The maximum Gasteiger partial charge on any atom is 0.330 e. The van der Waals surface area contributed by atoms with Crippen molar-refractivity contribution in [2.45, 2.75) is 38.2 Å². The first-order valence-electron chi connectivity index (χ1n) is 7.07. The maximum absolute atomic E-state index is 12.0. The van der Waals surface area contributed by atoms with Crippen molar-refractivity contribution >= 4 is 15.5 Å². The lowest BCUT2D eigenvalue weighted by molar-refractivity contribution is -0.466. The van der Waals surface area contributed by atoms with Crippen LogP contribution in [0, 0.1) is 0 Å². The van der Waals surface area contributed by atoms with E-state index in [4.69, 9.17) is 4.74 Å². The summed E-state index contributed by atoms with van der Waals surface area (Å²) in [5.41, 5.74) is -0.740. The number of H-pyrrole nitrogens is 1. The van der Waals surface area contributed by atoms with Gasteiger partial charge in [-0.2, -0.15) is 4.67 Å². The lowest BCUT2D eigenvalue weighted by Crippen LogP contribution is -2.33. The Morgan fingerprint density at radius 3 is 3.04 bits per heavy atom. The Hall–Kier alpha value is -1.35. The van der Waals surface area contributed by atoms with E-state index in [-0.39, 0.29) is 13.0 Å². The second-order valence-corrected chi connectivity index (χ2v) is 5.14. The summed E-state index contributed by atoms with van der Waals surface area (Å²) in [6.07, 6.45) is 3.54. The van der Waals surface area contributed by atoms with Crippen molar-refractivity contribution in [3.63, 3.8) is 0 Å². The number of ether oxygens (including phenoxy) is 1. The molecule has 1 aliphatic rings. The first-order valence-corrected chi connectivity index (χ1v) is 7.54. The second-order valence-electron chi connectivity index (χ2n) is 4.94. The van der Waals surface area contributed by atoms with Gasteiger partial charge in [-0.05, 0) is 6.42 Å². The maximum atomic E-state index is 12.0. The summed E-state index contributed by atoms with van der Waals surface area (Å²) in [5.74, 6) is 0. The second kappa shape index (κ2) is 8.49. The molecule has 0 bridgehead atoms. The van der Waals surface area contributed by atoms with Crippen LogP contribution in [0.5, 0.6) is 0 Å². The van der Waals surface area contributed by atoms with Crippen LogP contribution in [0.25, 0.3) is 6.08 Å². The average Bonchev–Trinajstić information content (AvgIpc) is 2.88. The summed E-state index contributed by atoms with van der Waals surface area (Å²) in [7, 11) is 1.83. The number of hydrogen-bond acceptors (Lipinski definition) is 7. The fourth-order valence-corrected chi connectivity index (χ4v) is 2.29. The molecule has 23 heavy (non-hydrogen) atoms. The molecule has 1 aliphatic heterocycles. The molecule has 0 aromatic carbocycles. The summed E-state index contributed by atoms with van der Waals surface area (Å²) in [6.45, 7) is 1.86. The lowest BCUT2D eigenvalue weighted by Gasteiger charge is -2.15. The van der Waals surface area contributed by atoms with E-state index in [1.54, 1.807) is 12.2 Å². The zero-order valence-corrected chi connectivity index (χ0v) is 13.7. The molecule has 9 nitrogen and oxygen atoms in total. The zero-order valence-electron chi connectivity index (χ0n) is 12.5. The van der Waals surface area contributed by atoms with E-state index in [1.807, 2.05) is 16.4 Å². The van der Waals surface area contributed by atoms with Gasteiger partial charge in [0.05, 0.1) is 11.7 Å². The smallest absolute Gasteiger partial charge is 0.330 e. The van der Waals surface area contributed by atoms with Crippen LogP contribution >= 0.6 is 9.47 Å². The van der Waals surface area contributed by atoms with E-state index < -0.39 is 29.7 Å². The molecular formula is C13H19N2O7P. The molecule has 128 valence electrons. The molecule has 1 aromatic rings. The molecule has 2 N–H and O–H groups in total. The van der Waals surface area contributed by atoms with Crippen molar-refractivity contribution in [1.82, 2.24) is 9.55 Å². The normalized spacial score (nSPS) is 24.6. The monoisotopic (exact) mass is 346 g/mol. The Balaban J connectivity index is 2.17. The van der Waals surface area contributed by atoms with Gasteiger partial charge < -0.3 is 9.84 Å². The summed E-state index contributed by atoms with van der Waals surface area (Å²) < 4.78 is 11.0. The van der Waals surface area contributed by atoms with Gasteiger partial charge in [-0.1, -0.05) is 24.1 Å². The molecule has 0 aliphatic carbocycles. The Labute approximate surface area is 134 Å². The van der Waals surface area contributed by atoms with Crippen molar-refractivity contribution in [2.24, 2.45) is 0 Å². The highest BCUT2D eigenvalue weighted by atomic mass is 31.0. The van der Waals surface area contributed by atoms with Gasteiger partial charge in [0.25, 0.3) is 5.56 Å². The molecule has 0 radical (unpaired) electrons. The Morgan fingerprint density at radius 2 is 2.35 bits per heavy atom. The topological polar surface area (TPSA) is 112 Å². The molecule has 1 fully saturated rings. The fourth-order valence-electron chi connectivity index (χ4n) is 2.24. The lowest BCUT2D eigenvalue weighted by atomic mass is 10.2. The van der Waals surface area contributed by atoms with Crippen LogP contribution in [-0.4, -0.2) is 33.5 Å². The molecule has 2 rings (SSSR count). The van der Waals surface area contributed by atoms with E-state index in [9.17, 15) is 14.7 Å². The third kappa shape index (κ3) is 4.57. The Kier molecular flexibility index (Phi) is 6.64. The predicted octanol–water partition coefficient (Wildman–Crippen LogP) is 0.278. The molecule has 10 heteroatoms. The van der Waals surface area contributed by atoms with Crippen LogP contribution in [0.2, 0.25) is 0 Å². The molecule has 1 aromatic heterocycles. The van der Waals surface area contributed by atoms with Crippen LogP contribution in [-0.2, 0) is 19.3 Å². The summed E-state index contributed by atoms with van der Waals surface area (Å²) in [5, 5.41) is 14.2. The van der Waals surface area contributed by atoms with Crippen molar-refractivity contribution in [3.05, 3.63) is 38.7 Å². The van der Waals surface area contributed by atoms with Crippen LogP contribution in [0.1, 0.15) is 31.6 Å². The Morgan fingerprint density at radius 1 is 1.57 bits per heavy atom. The van der Waals surface area contributed by atoms with Gasteiger partial charge in [0.1, 0.15) is 18.9 Å². The molecule has 0 saturated carbocycles. The third-order valence-electron chi connectivity index (χ3n) is 3.36. The highest BCUT2D eigenvalue weighted by Crippen LogP contribution is 2.27. The number of aliphatic hydroxyl groups excluding tert-OH is 1. The van der Waals surface area contributed by atoms with E-state index in [2.05, 4.69) is 19.6 Å². The SMILES string of the molecule is CC/C=C/c1cn(C2CC(O)C(COOOP)O2)c(=O)[nH]c1=O. The summed E-state index contributed by atoms with van der Waals surface area (Å²) >= 11 is 0. The predicted molar refractivity (Wildman–Crippen MR) is 83.0 cm³/mol. The van der Waals surface area contributed by atoms with Gasteiger partial charge in [0.15, 0.2) is 0 Å². The molecule has 4 unspecified atom stereocenters. The minimum atomic E-state index is -0.846. The number of aliphatic hydroxyl groups is 1. The number of nitrogens with one attached hydrogen (secondary N) is 1. The van der Waals surface area contributed by atoms with Gasteiger partial charge in [0.2, 0.25) is 0 Å². The van der Waals surface area contributed by atoms with Gasteiger partial charge in [-0.3, -0.25) is 14.3 Å².